The molecule has 0 bridgehead atoms. The van der Waals surface area contributed by atoms with Crippen molar-refractivity contribution in [1.82, 2.24) is 0 Å². The predicted octanol–water partition coefficient (Wildman–Crippen LogP) is 3.56. The normalized spacial score (nSPS) is 16.1. The first-order valence-electron chi connectivity index (χ1n) is 6.82. The highest BCUT2D eigenvalue weighted by molar-refractivity contribution is 9.10. The van der Waals surface area contributed by atoms with E-state index in [-0.39, 0.29) is 11.5 Å². The standard InChI is InChI=1S/C16H12BrFN2O3/c1-8-15(21)20-13-7-10(3-5-14(13)23-8)19-16(22)11-6-9(17)2-4-12(11)18/h2-8H,1H3,(H,19,22)(H,20,21). The third kappa shape index (κ3) is 3.19. The van der Waals surface area contributed by atoms with Gasteiger partial charge in [-0.25, -0.2) is 4.39 Å². The summed E-state index contributed by atoms with van der Waals surface area (Å²) in [5.41, 5.74) is 0.804. The molecule has 2 aromatic rings. The van der Waals surface area contributed by atoms with Crippen LogP contribution < -0.4 is 15.4 Å². The Morgan fingerprint density at radius 3 is 2.87 bits per heavy atom. The van der Waals surface area contributed by atoms with E-state index in [4.69, 9.17) is 4.74 Å². The average Bonchev–Trinajstić information content (AvgIpc) is 2.51. The molecular weight excluding hydrogens is 367 g/mol. The summed E-state index contributed by atoms with van der Waals surface area (Å²) in [5.74, 6) is -0.947. The largest absolute Gasteiger partial charge is 0.479 e. The van der Waals surface area contributed by atoms with Gasteiger partial charge < -0.3 is 15.4 Å². The van der Waals surface area contributed by atoms with Crippen molar-refractivity contribution in [1.29, 1.82) is 0 Å². The summed E-state index contributed by atoms with van der Waals surface area (Å²) in [4.78, 5) is 23.8. The Labute approximate surface area is 140 Å². The molecule has 2 aromatic carbocycles. The van der Waals surface area contributed by atoms with Crippen molar-refractivity contribution >= 4 is 39.1 Å². The molecule has 1 heterocycles. The maximum absolute atomic E-state index is 13.7. The second-order valence-electron chi connectivity index (χ2n) is 5.04. The quantitative estimate of drug-likeness (QED) is 0.839. The minimum atomic E-state index is -0.617. The number of anilines is 2. The van der Waals surface area contributed by atoms with E-state index in [0.717, 1.165) is 0 Å². The van der Waals surface area contributed by atoms with Gasteiger partial charge in [0, 0.05) is 10.2 Å². The molecule has 0 saturated carbocycles. The molecule has 7 heteroatoms. The zero-order valence-corrected chi connectivity index (χ0v) is 13.6. The van der Waals surface area contributed by atoms with Gasteiger partial charge in [-0.05, 0) is 43.3 Å². The number of amides is 2. The third-order valence-electron chi connectivity index (χ3n) is 3.34. The van der Waals surface area contributed by atoms with Gasteiger partial charge in [-0.15, -0.1) is 0 Å². The lowest BCUT2D eigenvalue weighted by Gasteiger charge is -2.23. The number of hydrogen-bond acceptors (Lipinski definition) is 3. The number of carbonyl (C=O) groups excluding carboxylic acids is 2. The molecule has 3 rings (SSSR count). The van der Waals surface area contributed by atoms with Crippen molar-refractivity contribution in [3.05, 3.63) is 52.3 Å². The highest BCUT2D eigenvalue weighted by atomic mass is 79.9. The third-order valence-corrected chi connectivity index (χ3v) is 3.83. The van der Waals surface area contributed by atoms with Gasteiger partial charge in [0.25, 0.3) is 11.8 Å². The molecule has 0 aromatic heterocycles. The minimum Gasteiger partial charge on any atom is -0.479 e. The van der Waals surface area contributed by atoms with Crippen LogP contribution in [0.5, 0.6) is 5.75 Å². The van der Waals surface area contributed by atoms with Gasteiger partial charge in [-0.2, -0.15) is 0 Å². The summed E-state index contributed by atoms with van der Waals surface area (Å²) in [6.07, 6.45) is -0.571. The number of fused-ring (bicyclic) bond motifs is 1. The lowest BCUT2D eigenvalue weighted by Crippen LogP contribution is -2.34. The van der Waals surface area contributed by atoms with Crippen LogP contribution in [0.4, 0.5) is 15.8 Å². The predicted molar refractivity (Wildman–Crippen MR) is 87.2 cm³/mol. The molecule has 0 aliphatic carbocycles. The van der Waals surface area contributed by atoms with Crippen LogP contribution in [0.15, 0.2) is 40.9 Å². The van der Waals surface area contributed by atoms with Gasteiger partial charge in [0.2, 0.25) is 0 Å². The van der Waals surface area contributed by atoms with E-state index in [9.17, 15) is 14.0 Å². The second-order valence-corrected chi connectivity index (χ2v) is 5.95. The van der Waals surface area contributed by atoms with Crippen LogP contribution in [-0.4, -0.2) is 17.9 Å². The van der Waals surface area contributed by atoms with Crippen molar-refractivity contribution in [2.24, 2.45) is 0 Å². The Morgan fingerprint density at radius 2 is 2.09 bits per heavy atom. The zero-order chi connectivity index (χ0) is 16.6. The van der Waals surface area contributed by atoms with Crippen LogP contribution in [0.25, 0.3) is 0 Å². The molecule has 118 valence electrons. The molecule has 1 aliphatic rings. The Bertz CT molecular complexity index is 810. The molecule has 1 unspecified atom stereocenters. The number of rotatable bonds is 2. The first-order chi connectivity index (χ1) is 10.9. The van der Waals surface area contributed by atoms with Crippen molar-refractivity contribution < 1.29 is 18.7 Å². The molecule has 1 aliphatic heterocycles. The lowest BCUT2D eigenvalue weighted by atomic mass is 10.1. The van der Waals surface area contributed by atoms with Crippen molar-refractivity contribution in [3.8, 4) is 5.75 Å². The van der Waals surface area contributed by atoms with Crippen LogP contribution in [0.2, 0.25) is 0 Å². The van der Waals surface area contributed by atoms with Crippen molar-refractivity contribution in [3.63, 3.8) is 0 Å². The van der Waals surface area contributed by atoms with Crippen LogP contribution >= 0.6 is 15.9 Å². The smallest absolute Gasteiger partial charge is 0.265 e. The van der Waals surface area contributed by atoms with E-state index >= 15 is 0 Å². The molecule has 0 radical (unpaired) electrons. The molecule has 2 amide bonds. The molecule has 5 nitrogen and oxygen atoms in total. The number of nitrogens with one attached hydrogen (secondary N) is 2. The minimum absolute atomic E-state index is 0.0778. The van der Waals surface area contributed by atoms with Gasteiger partial charge in [0.1, 0.15) is 11.6 Å². The van der Waals surface area contributed by atoms with Gasteiger partial charge in [-0.3, -0.25) is 9.59 Å². The van der Waals surface area contributed by atoms with Gasteiger partial charge in [-0.1, -0.05) is 15.9 Å². The fraction of sp³-hybridized carbons (Fsp3) is 0.125. The summed E-state index contributed by atoms with van der Waals surface area (Å²) in [7, 11) is 0. The Hall–Kier alpha value is -2.41. The molecule has 0 spiro atoms. The maximum atomic E-state index is 13.7. The lowest BCUT2D eigenvalue weighted by molar-refractivity contribution is -0.122. The van der Waals surface area contributed by atoms with Gasteiger partial charge >= 0.3 is 0 Å². The van der Waals surface area contributed by atoms with E-state index < -0.39 is 17.8 Å². The van der Waals surface area contributed by atoms with Crippen molar-refractivity contribution in [2.75, 3.05) is 10.6 Å². The molecular formula is C16H12BrFN2O3. The van der Waals surface area contributed by atoms with E-state index in [1.165, 1.54) is 18.2 Å². The molecule has 2 N–H and O–H groups in total. The first kappa shape index (κ1) is 15.5. The Morgan fingerprint density at radius 1 is 1.30 bits per heavy atom. The number of carbonyl (C=O) groups is 2. The Kier molecular flexibility index (Phi) is 4.04. The number of benzene rings is 2. The first-order valence-corrected chi connectivity index (χ1v) is 7.61. The summed E-state index contributed by atoms with van der Waals surface area (Å²) in [6.45, 7) is 1.64. The van der Waals surface area contributed by atoms with E-state index in [2.05, 4.69) is 26.6 Å². The number of halogens is 2. The fourth-order valence-corrected chi connectivity index (χ4v) is 2.52. The summed E-state index contributed by atoms with van der Waals surface area (Å²) in [6, 6.07) is 8.94. The maximum Gasteiger partial charge on any atom is 0.265 e. The van der Waals surface area contributed by atoms with E-state index in [0.29, 0.717) is 21.6 Å². The highest BCUT2D eigenvalue weighted by Crippen LogP contribution is 2.32. The topological polar surface area (TPSA) is 67.4 Å². The van der Waals surface area contributed by atoms with Crippen LogP contribution in [-0.2, 0) is 4.79 Å². The van der Waals surface area contributed by atoms with Gasteiger partial charge in [0.05, 0.1) is 11.3 Å². The highest BCUT2D eigenvalue weighted by Gasteiger charge is 2.23. The number of hydrogen-bond donors (Lipinski definition) is 2. The zero-order valence-electron chi connectivity index (χ0n) is 12.0. The van der Waals surface area contributed by atoms with Crippen LogP contribution in [0.3, 0.4) is 0 Å². The molecule has 0 fully saturated rings. The molecule has 1 atom stereocenters. The monoisotopic (exact) mass is 378 g/mol. The summed E-state index contributed by atoms with van der Waals surface area (Å²) < 4.78 is 19.8. The average molecular weight is 379 g/mol. The van der Waals surface area contributed by atoms with Crippen LogP contribution in [0.1, 0.15) is 17.3 Å². The fourth-order valence-electron chi connectivity index (χ4n) is 2.16. The van der Waals surface area contributed by atoms with Crippen molar-refractivity contribution in [2.45, 2.75) is 13.0 Å². The number of ether oxygens (including phenoxy) is 1. The van der Waals surface area contributed by atoms with Crippen LogP contribution in [0, 0.1) is 5.82 Å². The Balaban J connectivity index is 1.84. The van der Waals surface area contributed by atoms with Gasteiger partial charge in [0.15, 0.2) is 6.10 Å². The second kappa shape index (κ2) is 6.00. The van der Waals surface area contributed by atoms with E-state index in [1.54, 1.807) is 25.1 Å². The molecule has 23 heavy (non-hydrogen) atoms. The summed E-state index contributed by atoms with van der Waals surface area (Å²) >= 11 is 3.20. The summed E-state index contributed by atoms with van der Waals surface area (Å²) in [5, 5.41) is 5.28. The molecule has 0 saturated heterocycles. The SMILES string of the molecule is CC1Oc2ccc(NC(=O)c3cc(Br)ccc3F)cc2NC1=O. The van der Waals surface area contributed by atoms with E-state index in [1.807, 2.05) is 0 Å².